The van der Waals surface area contributed by atoms with Gasteiger partial charge in [-0.3, -0.25) is 9.78 Å². The summed E-state index contributed by atoms with van der Waals surface area (Å²) in [6, 6.07) is 7.79. The van der Waals surface area contributed by atoms with Crippen LogP contribution in [0.4, 0.5) is 14.6 Å². The number of likely N-dealkylation sites (tertiary alicyclic amines) is 1. The molecule has 1 unspecified atom stereocenters. The first-order chi connectivity index (χ1) is 20.8. The highest BCUT2D eigenvalue weighted by molar-refractivity contribution is 5.93. The Hall–Kier alpha value is -4.17. The van der Waals surface area contributed by atoms with E-state index in [2.05, 4.69) is 40.6 Å². The van der Waals surface area contributed by atoms with E-state index in [0.717, 1.165) is 37.8 Å². The van der Waals surface area contributed by atoms with E-state index in [-0.39, 0.29) is 49.3 Å². The summed E-state index contributed by atoms with van der Waals surface area (Å²) in [5.41, 5.74) is 3.65. The fraction of sp³-hybridized carbons (Fsp3) is 0.469. The summed E-state index contributed by atoms with van der Waals surface area (Å²) in [5.74, 6) is -0.917. The number of hydrogen-bond donors (Lipinski definition) is 0. The Morgan fingerprint density at radius 1 is 1.23 bits per heavy atom. The van der Waals surface area contributed by atoms with E-state index in [1.54, 1.807) is 6.20 Å². The number of aromatic nitrogens is 3. The van der Waals surface area contributed by atoms with E-state index in [9.17, 15) is 14.4 Å². The monoisotopic (exact) mass is 585 g/mol. The average Bonchev–Trinajstić information content (AvgIpc) is 3.48. The van der Waals surface area contributed by atoms with Gasteiger partial charge in [0.2, 0.25) is 0 Å². The van der Waals surface area contributed by atoms with Crippen LogP contribution in [-0.4, -0.2) is 82.6 Å². The van der Waals surface area contributed by atoms with Crippen LogP contribution in [0.25, 0.3) is 22.2 Å². The lowest BCUT2D eigenvalue weighted by Crippen LogP contribution is -2.55. The molecule has 2 aliphatic heterocycles. The maximum atomic E-state index is 16.6. The number of pyridine rings is 1. The number of anilines is 1. The number of carbonyl (C=O) groups excluding carboxylic acids is 1. The van der Waals surface area contributed by atoms with Crippen molar-refractivity contribution in [3.05, 3.63) is 53.7 Å². The first-order valence-electron chi connectivity index (χ1n) is 14.9. The van der Waals surface area contributed by atoms with Crippen molar-refractivity contribution in [2.24, 2.45) is 5.92 Å². The summed E-state index contributed by atoms with van der Waals surface area (Å²) in [4.78, 5) is 31.8. The molecule has 2 aromatic heterocycles. The maximum Gasteiger partial charge on any atom is 0.319 e. The molecule has 1 amide bonds. The van der Waals surface area contributed by atoms with Crippen molar-refractivity contribution >= 4 is 22.6 Å². The van der Waals surface area contributed by atoms with Crippen LogP contribution in [-0.2, 0) is 11.2 Å². The number of likely N-dealkylation sites (N-methyl/N-ethyl adjacent to an activating group) is 1. The van der Waals surface area contributed by atoms with Crippen LogP contribution < -0.4 is 9.64 Å². The fourth-order valence-electron chi connectivity index (χ4n) is 7.17. The van der Waals surface area contributed by atoms with Crippen LogP contribution in [0.3, 0.4) is 0 Å². The van der Waals surface area contributed by atoms with Crippen molar-refractivity contribution in [1.29, 1.82) is 5.26 Å². The van der Waals surface area contributed by atoms with E-state index >= 15 is 4.39 Å². The van der Waals surface area contributed by atoms with Crippen LogP contribution in [0.5, 0.6) is 6.01 Å². The number of hydrogen-bond acceptors (Lipinski definition) is 8. The molecule has 0 bridgehead atoms. The van der Waals surface area contributed by atoms with Gasteiger partial charge in [0.05, 0.1) is 23.9 Å². The molecule has 7 rings (SSSR count). The molecule has 2 saturated heterocycles. The zero-order valence-electron chi connectivity index (χ0n) is 24.1. The van der Waals surface area contributed by atoms with Crippen LogP contribution >= 0.6 is 0 Å². The number of halogens is 2. The zero-order chi connectivity index (χ0) is 29.8. The summed E-state index contributed by atoms with van der Waals surface area (Å²) < 4.78 is 36.4. The van der Waals surface area contributed by atoms with Crippen molar-refractivity contribution < 1.29 is 18.3 Å². The van der Waals surface area contributed by atoms with E-state index in [1.165, 1.54) is 16.0 Å². The molecule has 1 aromatic carbocycles. The van der Waals surface area contributed by atoms with Gasteiger partial charge in [0.15, 0.2) is 11.6 Å². The molecular weight excluding hydrogens is 552 g/mol. The molecule has 4 atom stereocenters. The van der Waals surface area contributed by atoms with Crippen molar-refractivity contribution in [2.75, 3.05) is 44.7 Å². The van der Waals surface area contributed by atoms with E-state index in [0.29, 0.717) is 29.6 Å². The Kier molecular flexibility index (Phi) is 6.96. The smallest absolute Gasteiger partial charge is 0.319 e. The molecule has 0 radical (unpaired) electrons. The predicted molar refractivity (Wildman–Crippen MR) is 157 cm³/mol. The molecule has 9 nitrogen and oxygen atoms in total. The average molecular weight is 586 g/mol. The minimum absolute atomic E-state index is 0.00601. The number of fused-ring (bicyclic) bond motifs is 4. The molecule has 11 heteroatoms. The lowest BCUT2D eigenvalue weighted by Gasteiger charge is -2.41. The molecule has 4 heterocycles. The molecule has 43 heavy (non-hydrogen) atoms. The Morgan fingerprint density at radius 3 is 2.86 bits per heavy atom. The first kappa shape index (κ1) is 27.7. The normalized spacial score (nSPS) is 24.5. The van der Waals surface area contributed by atoms with E-state index in [4.69, 9.17) is 9.72 Å². The van der Waals surface area contributed by atoms with Crippen LogP contribution in [0.15, 0.2) is 36.8 Å². The Balaban J connectivity index is 1.29. The largest absolute Gasteiger partial charge is 0.462 e. The number of nitriles is 1. The van der Waals surface area contributed by atoms with E-state index < -0.39 is 23.6 Å². The number of amides is 1. The van der Waals surface area contributed by atoms with Crippen molar-refractivity contribution in [2.45, 2.75) is 50.1 Å². The van der Waals surface area contributed by atoms with Crippen molar-refractivity contribution in [1.82, 2.24) is 24.8 Å². The summed E-state index contributed by atoms with van der Waals surface area (Å²) in [6.07, 6.45) is 5.83. The number of ether oxygens (including phenoxy) is 1. The molecule has 3 fully saturated rings. The Morgan fingerprint density at radius 2 is 2.09 bits per heavy atom. The molecular formula is C32H33F2N7O2. The molecule has 222 valence electrons. The Labute approximate surface area is 248 Å². The number of rotatable bonds is 7. The van der Waals surface area contributed by atoms with Gasteiger partial charge in [-0.25, -0.2) is 8.78 Å². The van der Waals surface area contributed by atoms with Gasteiger partial charge in [-0.05, 0) is 62.2 Å². The van der Waals surface area contributed by atoms with Crippen molar-refractivity contribution in [3.8, 4) is 23.3 Å². The second-order valence-corrected chi connectivity index (χ2v) is 12.2. The predicted octanol–water partition coefficient (Wildman–Crippen LogP) is 4.38. The highest BCUT2D eigenvalue weighted by Crippen LogP contribution is 2.58. The van der Waals surface area contributed by atoms with Gasteiger partial charge in [-0.15, -0.1) is 0 Å². The minimum Gasteiger partial charge on any atom is -0.462 e. The SMILES string of the molecule is C=C(F)C(=O)N1CCN(c2nc(OC[C@@H]3CCCN3C)nc3c(F)c(-c4cccc5c4C4C[C@H]4C5)ncc23)C[C@@H]1CC#N. The zero-order valence-corrected chi connectivity index (χ0v) is 24.1. The quantitative estimate of drug-likeness (QED) is 0.377. The molecule has 3 aromatic rings. The summed E-state index contributed by atoms with van der Waals surface area (Å²) in [6.45, 7) is 5.13. The minimum atomic E-state index is -1.07. The van der Waals surface area contributed by atoms with Gasteiger partial charge in [-0.1, -0.05) is 24.8 Å². The molecule has 0 N–H and O–H groups in total. The van der Waals surface area contributed by atoms with Gasteiger partial charge in [0, 0.05) is 37.4 Å². The van der Waals surface area contributed by atoms with E-state index in [1.807, 2.05) is 17.0 Å². The third-order valence-electron chi connectivity index (χ3n) is 9.55. The summed E-state index contributed by atoms with van der Waals surface area (Å²) in [7, 11) is 2.05. The highest BCUT2D eigenvalue weighted by atomic mass is 19.1. The summed E-state index contributed by atoms with van der Waals surface area (Å²) in [5, 5.41) is 9.87. The van der Waals surface area contributed by atoms with Crippen LogP contribution in [0.2, 0.25) is 0 Å². The topological polar surface area (TPSA) is 98.5 Å². The van der Waals surface area contributed by atoms with Crippen LogP contribution in [0.1, 0.15) is 42.7 Å². The lowest BCUT2D eigenvalue weighted by molar-refractivity contribution is -0.131. The summed E-state index contributed by atoms with van der Waals surface area (Å²) >= 11 is 0. The number of benzene rings is 1. The van der Waals surface area contributed by atoms with Crippen LogP contribution in [0, 0.1) is 23.1 Å². The van der Waals surface area contributed by atoms with Gasteiger partial charge in [0.25, 0.3) is 5.91 Å². The lowest BCUT2D eigenvalue weighted by atomic mass is 9.96. The third kappa shape index (κ3) is 4.87. The fourth-order valence-corrected chi connectivity index (χ4v) is 7.17. The molecule has 4 aliphatic rings. The molecule has 1 saturated carbocycles. The second-order valence-electron chi connectivity index (χ2n) is 12.2. The number of piperazine rings is 1. The van der Waals surface area contributed by atoms with Gasteiger partial charge in [-0.2, -0.15) is 15.2 Å². The molecule has 0 spiro atoms. The standard InChI is InChI=1S/C32H33F2N7O2/c1-18(33)31(42)41-12-11-40(16-21(41)8-9-35)30-25-15-36-28(23-7-3-5-19-13-20-14-24(20)26(19)23)27(34)29(25)37-32(38-30)43-17-22-6-4-10-39(22)2/h3,5,7,15,20-22,24H,1,4,6,8,10-14,16-17H2,2H3/t20-,21+,22+,24?/m1/s1. The number of nitrogens with zero attached hydrogens (tertiary/aromatic N) is 7. The Bertz CT molecular complexity index is 1670. The third-order valence-corrected chi connectivity index (χ3v) is 9.55. The van der Waals surface area contributed by atoms with Gasteiger partial charge in [0.1, 0.15) is 23.6 Å². The number of carbonyl (C=O) groups is 1. The first-order valence-corrected chi connectivity index (χ1v) is 14.9. The van der Waals surface area contributed by atoms with Crippen molar-refractivity contribution in [3.63, 3.8) is 0 Å². The highest BCUT2D eigenvalue weighted by Gasteiger charge is 2.46. The maximum absolute atomic E-state index is 16.6. The second kappa shape index (κ2) is 10.8. The van der Waals surface area contributed by atoms with Gasteiger partial charge < -0.3 is 19.4 Å². The van der Waals surface area contributed by atoms with Gasteiger partial charge >= 0.3 is 6.01 Å². The molecule has 2 aliphatic carbocycles.